The van der Waals surface area contributed by atoms with Gasteiger partial charge in [0.2, 0.25) is 0 Å². The first kappa shape index (κ1) is 15.3. The Hall–Kier alpha value is -2.09. The minimum Gasteiger partial charge on any atom is -0.546 e. The third kappa shape index (κ3) is 4.75. The summed E-state index contributed by atoms with van der Waals surface area (Å²) in [7, 11) is 0. The molecule has 0 atom stereocenters. The second kappa shape index (κ2) is 7.07. The zero-order valence-electron chi connectivity index (χ0n) is 10.8. The summed E-state index contributed by atoms with van der Waals surface area (Å²) in [5.41, 5.74) is 1.06. The molecule has 0 aliphatic heterocycles. The first-order valence-electron chi connectivity index (χ1n) is 6.04. The second-order valence-corrected chi connectivity index (χ2v) is 5.40. The van der Waals surface area contributed by atoms with Crippen LogP contribution in [0.1, 0.15) is 10.4 Å². The Bertz CT molecular complexity index is 655. The first-order valence-corrected chi connectivity index (χ1v) is 7.12. The van der Waals surface area contributed by atoms with Gasteiger partial charge in [0.1, 0.15) is 12.4 Å². The highest BCUT2D eigenvalue weighted by atomic mass is 127. The summed E-state index contributed by atoms with van der Waals surface area (Å²) in [6, 6.07) is 13.6. The number of nitrogens with one attached hydrogen (secondary N) is 1. The van der Waals surface area contributed by atoms with Crippen molar-refractivity contribution >= 4 is 40.2 Å². The van der Waals surface area contributed by atoms with Gasteiger partial charge in [-0.3, -0.25) is 4.79 Å². The fourth-order valence-electron chi connectivity index (χ4n) is 1.61. The van der Waals surface area contributed by atoms with E-state index < -0.39 is 12.6 Å². The van der Waals surface area contributed by atoms with E-state index >= 15 is 0 Å². The minimum atomic E-state index is -1.30. The maximum atomic E-state index is 12.0. The fraction of sp³-hybridized carbons (Fsp3) is 0.0667. The molecule has 0 aliphatic carbocycles. The molecule has 2 rings (SSSR count). The monoisotopic (exact) mass is 396 g/mol. The third-order valence-electron chi connectivity index (χ3n) is 2.56. The van der Waals surface area contributed by atoms with Gasteiger partial charge in [-0.2, -0.15) is 0 Å². The molecule has 6 heteroatoms. The van der Waals surface area contributed by atoms with Crippen LogP contribution in [0.4, 0.5) is 5.69 Å². The topological polar surface area (TPSA) is 78.5 Å². The Balaban J connectivity index is 2.05. The van der Waals surface area contributed by atoms with Crippen LogP contribution >= 0.6 is 22.6 Å². The number of benzene rings is 2. The van der Waals surface area contributed by atoms with Crippen molar-refractivity contribution in [3.8, 4) is 5.75 Å². The van der Waals surface area contributed by atoms with Gasteiger partial charge >= 0.3 is 0 Å². The molecule has 0 saturated heterocycles. The van der Waals surface area contributed by atoms with Crippen molar-refractivity contribution in [1.82, 2.24) is 0 Å². The number of amides is 1. The lowest BCUT2D eigenvalue weighted by Crippen LogP contribution is -2.28. The normalized spacial score (nSPS) is 9.95. The van der Waals surface area contributed by atoms with E-state index in [0.717, 1.165) is 3.57 Å². The van der Waals surface area contributed by atoms with Crippen LogP contribution in [0.5, 0.6) is 5.75 Å². The molecule has 5 nitrogen and oxygen atoms in total. The van der Waals surface area contributed by atoms with Gasteiger partial charge in [0.25, 0.3) is 5.91 Å². The van der Waals surface area contributed by atoms with Gasteiger partial charge in [-0.1, -0.05) is 6.07 Å². The molecule has 0 aromatic heterocycles. The van der Waals surface area contributed by atoms with Crippen LogP contribution in [-0.2, 0) is 4.79 Å². The second-order valence-electron chi connectivity index (χ2n) is 4.15. The number of carbonyl (C=O) groups excluding carboxylic acids is 2. The van der Waals surface area contributed by atoms with Crippen LogP contribution in [0.3, 0.4) is 0 Å². The summed E-state index contributed by atoms with van der Waals surface area (Å²) in [5.74, 6) is -1.20. The highest BCUT2D eigenvalue weighted by molar-refractivity contribution is 14.1. The number of carbonyl (C=O) groups is 2. The molecule has 2 aromatic rings. The SMILES string of the molecule is O=C([O-])COc1cccc(NC(=O)c2ccc(I)cc2)c1. The van der Waals surface area contributed by atoms with E-state index in [2.05, 4.69) is 27.9 Å². The number of rotatable bonds is 5. The fourth-order valence-corrected chi connectivity index (χ4v) is 1.97. The summed E-state index contributed by atoms with van der Waals surface area (Å²) in [6.45, 7) is -0.533. The Labute approximate surface area is 135 Å². The van der Waals surface area contributed by atoms with Gasteiger partial charge in [0.15, 0.2) is 0 Å². The summed E-state index contributed by atoms with van der Waals surface area (Å²) >= 11 is 2.16. The van der Waals surface area contributed by atoms with Gasteiger partial charge in [-0.15, -0.1) is 0 Å². The standard InChI is InChI=1S/C15H12INO4/c16-11-6-4-10(5-7-11)15(20)17-12-2-1-3-13(8-12)21-9-14(18)19/h1-8H,9H2,(H,17,20)(H,18,19)/p-1. The van der Waals surface area contributed by atoms with Crippen molar-refractivity contribution in [2.45, 2.75) is 0 Å². The quantitative estimate of drug-likeness (QED) is 0.781. The van der Waals surface area contributed by atoms with Crippen LogP contribution in [-0.4, -0.2) is 18.5 Å². The molecule has 0 unspecified atom stereocenters. The highest BCUT2D eigenvalue weighted by Gasteiger charge is 2.06. The van der Waals surface area contributed by atoms with Crippen LogP contribution in [0.2, 0.25) is 0 Å². The largest absolute Gasteiger partial charge is 0.546 e. The van der Waals surface area contributed by atoms with Crippen molar-refractivity contribution < 1.29 is 19.4 Å². The van der Waals surface area contributed by atoms with Crippen molar-refractivity contribution in [3.63, 3.8) is 0 Å². The number of carboxylic acid groups (broad SMARTS) is 1. The lowest BCUT2D eigenvalue weighted by atomic mass is 10.2. The van der Waals surface area contributed by atoms with Gasteiger partial charge in [-0.05, 0) is 59.0 Å². The predicted molar refractivity (Wildman–Crippen MR) is 84.1 cm³/mol. The Morgan fingerprint density at radius 2 is 1.86 bits per heavy atom. The maximum Gasteiger partial charge on any atom is 0.255 e. The van der Waals surface area contributed by atoms with Crippen LogP contribution in [0, 0.1) is 3.57 Å². The number of anilines is 1. The highest BCUT2D eigenvalue weighted by Crippen LogP contribution is 2.18. The molecule has 0 heterocycles. The van der Waals surface area contributed by atoms with E-state index in [4.69, 9.17) is 4.74 Å². The molecule has 108 valence electrons. The molecular weight excluding hydrogens is 385 g/mol. The number of halogens is 1. The van der Waals surface area contributed by atoms with E-state index in [1.165, 1.54) is 0 Å². The average molecular weight is 396 g/mol. The molecule has 0 bridgehead atoms. The molecule has 0 spiro atoms. The van der Waals surface area contributed by atoms with Crippen LogP contribution in [0.25, 0.3) is 0 Å². The number of aliphatic carboxylic acids is 1. The molecule has 0 saturated carbocycles. The summed E-state index contributed by atoms with van der Waals surface area (Å²) < 4.78 is 6.04. The number of carboxylic acids is 1. The molecule has 0 radical (unpaired) electrons. The molecular formula is C15H11INO4-. The lowest BCUT2D eigenvalue weighted by molar-refractivity contribution is -0.307. The van der Waals surface area contributed by atoms with E-state index in [1.807, 2.05) is 12.1 Å². The summed E-state index contributed by atoms with van der Waals surface area (Å²) in [5, 5.41) is 13.1. The van der Waals surface area contributed by atoms with E-state index in [-0.39, 0.29) is 5.91 Å². The number of ether oxygens (including phenoxy) is 1. The molecule has 1 amide bonds. The van der Waals surface area contributed by atoms with Crippen LogP contribution < -0.4 is 15.2 Å². The van der Waals surface area contributed by atoms with Crippen molar-refractivity contribution in [2.24, 2.45) is 0 Å². The number of hydrogen-bond donors (Lipinski definition) is 1. The lowest BCUT2D eigenvalue weighted by Gasteiger charge is -2.09. The van der Waals surface area contributed by atoms with E-state index in [1.54, 1.807) is 36.4 Å². The zero-order valence-corrected chi connectivity index (χ0v) is 13.0. The molecule has 0 aliphatic rings. The van der Waals surface area contributed by atoms with Crippen molar-refractivity contribution in [3.05, 3.63) is 57.7 Å². The third-order valence-corrected chi connectivity index (χ3v) is 3.27. The average Bonchev–Trinajstić information content (AvgIpc) is 2.46. The summed E-state index contributed by atoms with van der Waals surface area (Å²) in [6.07, 6.45) is 0. The molecule has 2 aromatic carbocycles. The Morgan fingerprint density at radius 3 is 2.52 bits per heavy atom. The van der Waals surface area contributed by atoms with Gasteiger partial charge in [0.05, 0.1) is 5.97 Å². The van der Waals surface area contributed by atoms with Crippen molar-refractivity contribution in [1.29, 1.82) is 0 Å². The van der Waals surface area contributed by atoms with Gasteiger partial charge in [0, 0.05) is 20.9 Å². The minimum absolute atomic E-state index is 0.247. The van der Waals surface area contributed by atoms with Crippen LogP contribution in [0.15, 0.2) is 48.5 Å². The Kier molecular flexibility index (Phi) is 5.15. The predicted octanol–water partition coefficient (Wildman–Crippen LogP) is 1.67. The zero-order chi connectivity index (χ0) is 15.2. The summed E-state index contributed by atoms with van der Waals surface area (Å²) in [4.78, 5) is 22.4. The van der Waals surface area contributed by atoms with Gasteiger partial charge in [-0.25, -0.2) is 0 Å². The molecule has 1 N–H and O–H groups in total. The Morgan fingerprint density at radius 1 is 1.14 bits per heavy atom. The van der Waals surface area contributed by atoms with E-state index in [9.17, 15) is 14.7 Å². The van der Waals surface area contributed by atoms with Crippen molar-refractivity contribution in [2.75, 3.05) is 11.9 Å². The molecule has 0 fully saturated rings. The maximum absolute atomic E-state index is 12.0. The molecule has 21 heavy (non-hydrogen) atoms. The number of hydrogen-bond acceptors (Lipinski definition) is 4. The smallest absolute Gasteiger partial charge is 0.255 e. The van der Waals surface area contributed by atoms with Gasteiger partial charge < -0.3 is 20.0 Å². The van der Waals surface area contributed by atoms with E-state index in [0.29, 0.717) is 17.0 Å². The first-order chi connectivity index (χ1) is 10.0.